The van der Waals surface area contributed by atoms with Gasteiger partial charge in [0.05, 0.1) is 16.6 Å². The molecule has 96 valence electrons. The van der Waals surface area contributed by atoms with Crippen molar-refractivity contribution in [1.82, 2.24) is 5.32 Å². The zero-order valence-electron chi connectivity index (χ0n) is 10.6. The Bertz CT molecular complexity index is 313. The summed E-state index contributed by atoms with van der Waals surface area (Å²) in [4.78, 5) is 0. The summed E-state index contributed by atoms with van der Waals surface area (Å²) in [6.45, 7) is 5.77. The summed E-state index contributed by atoms with van der Waals surface area (Å²) >= 11 is 0. The summed E-state index contributed by atoms with van der Waals surface area (Å²) in [5.41, 5.74) is 0. The molecule has 0 unspecified atom stereocenters. The Morgan fingerprint density at radius 3 is 2.31 bits per heavy atom. The molecule has 0 aliphatic heterocycles. The SMILES string of the molecule is COC1CC(NCCS(=O)(=O)C(C)(C)C)C1. The first-order valence-corrected chi connectivity index (χ1v) is 7.40. The number of ether oxygens (including phenoxy) is 1. The highest BCUT2D eigenvalue weighted by molar-refractivity contribution is 7.92. The maximum atomic E-state index is 11.8. The normalized spacial score (nSPS) is 26.5. The van der Waals surface area contributed by atoms with Gasteiger partial charge in [0.1, 0.15) is 0 Å². The third kappa shape index (κ3) is 3.43. The second-order valence-electron chi connectivity index (χ2n) is 5.41. The fraction of sp³-hybridized carbons (Fsp3) is 1.00. The molecule has 1 rings (SSSR count). The molecular weight excluding hydrogens is 226 g/mol. The van der Waals surface area contributed by atoms with Crippen LogP contribution < -0.4 is 5.32 Å². The maximum Gasteiger partial charge on any atom is 0.156 e. The van der Waals surface area contributed by atoms with Crippen molar-refractivity contribution in [2.75, 3.05) is 19.4 Å². The summed E-state index contributed by atoms with van der Waals surface area (Å²) in [6.07, 6.45) is 2.34. The predicted molar refractivity (Wildman–Crippen MR) is 65.4 cm³/mol. The van der Waals surface area contributed by atoms with Crippen LogP contribution in [0, 0.1) is 0 Å². The van der Waals surface area contributed by atoms with E-state index in [2.05, 4.69) is 5.32 Å². The molecule has 5 heteroatoms. The van der Waals surface area contributed by atoms with Gasteiger partial charge in [0, 0.05) is 19.7 Å². The summed E-state index contributed by atoms with van der Waals surface area (Å²) in [7, 11) is -1.28. The van der Waals surface area contributed by atoms with Crippen molar-refractivity contribution >= 4 is 9.84 Å². The average molecular weight is 249 g/mol. The van der Waals surface area contributed by atoms with Gasteiger partial charge < -0.3 is 10.1 Å². The lowest BCUT2D eigenvalue weighted by Crippen LogP contribution is -2.47. The van der Waals surface area contributed by atoms with Crippen LogP contribution in [0.25, 0.3) is 0 Å². The predicted octanol–water partition coefficient (Wildman–Crippen LogP) is 0.967. The number of rotatable bonds is 5. The van der Waals surface area contributed by atoms with Crippen LogP contribution in [-0.4, -0.2) is 44.7 Å². The molecule has 16 heavy (non-hydrogen) atoms. The molecule has 0 aromatic heterocycles. The quantitative estimate of drug-likeness (QED) is 0.789. The van der Waals surface area contributed by atoms with Gasteiger partial charge in [0.2, 0.25) is 0 Å². The minimum atomic E-state index is -2.99. The lowest BCUT2D eigenvalue weighted by atomic mass is 9.89. The molecule has 0 spiro atoms. The molecule has 0 atom stereocenters. The monoisotopic (exact) mass is 249 g/mol. The Hall–Kier alpha value is -0.130. The van der Waals surface area contributed by atoms with Crippen molar-refractivity contribution in [3.05, 3.63) is 0 Å². The number of methoxy groups -OCH3 is 1. The summed E-state index contributed by atoms with van der Waals surface area (Å²) in [5.74, 6) is 0.213. The number of hydrogen-bond donors (Lipinski definition) is 1. The highest BCUT2D eigenvalue weighted by Crippen LogP contribution is 2.22. The van der Waals surface area contributed by atoms with Crippen molar-refractivity contribution in [2.45, 2.75) is 50.5 Å². The summed E-state index contributed by atoms with van der Waals surface area (Å²) in [6, 6.07) is 0.431. The molecule has 0 aromatic rings. The first-order chi connectivity index (χ1) is 7.26. The lowest BCUT2D eigenvalue weighted by Gasteiger charge is -2.35. The molecule has 0 saturated heterocycles. The van der Waals surface area contributed by atoms with Crippen molar-refractivity contribution in [2.24, 2.45) is 0 Å². The Labute approximate surface area is 98.7 Å². The largest absolute Gasteiger partial charge is 0.381 e. The van der Waals surface area contributed by atoms with Crippen LogP contribution in [0.4, 0.5) is 0 Å². The number of sulfone groups is 1. The Morgan fingerprint density at radius 2 is 1.88 bits per heavy atom. The van der Waals surface area contributed by atoms with Gasteiger partial charge in [-0.2, -0.15) is 0 Å². The average Bonchev–Trinajstić information content (AvgIpc) is 2.06. The molecular formula is C11H23NO3S. The van der Waals surface area contributed by atoms with Crippen LogP contribution in [-0.2, 0) is 14.6 Å². The molecule has 1 aliphatic carbocycles. The van der Waals surface area contributed by atoms with Gasteiger partial charge in [-0.05, 0) is 33.6 Å². The van der Waals surface area contributed by atoms with E-state index >= 15 is 0 Å². The van der Waals surface area contributed by atoms with Gasteiger partial charge in [-0.1, -0.05) is 0 Å². The summed E-state index contributed by atoms with van der Waals surface area (Å²) in [5, 5.41) is 3.25. The van der Waals surface area contributed by atoms with Gasteiger partial charge in [-0.15, -0.1) is 0 Å². The number of nitrogens with one attached hydrogen (secondary N) is 1. The van der Waals surface area contributed by atoms with Crippen LogP contribution >= 0.6 is 0 Å². The van der Waals surface area contributed by atoms with Gasteiger partial charge >= 0.3 is 0 Å². The van der Waals surface area contributed by atoms with Gasteiger partial charge in [-0.3, -0.25) is 0 Å². The Kier molecular flexibility index (Phi) is 4.37. The van der Waals surface area contributed by atoms with Crippen molar-refractivity contribution in [3.63, 3.8) is 0 Å². The molecule has 1 aliphatic rings. The van der Waals surface area contributed by atoms with Crippen LogP contribution in [0.3, 0.4) is 0 Å². The Morgan fingerprint density at radius 1 is 1.31 bits per heavy atom. The fourth-order valence-electron chi connectivity index (χ4n) is 1.63. The fourth-order valence-corrected chi connectivity index (χ4v) is 2.63. The lowest BCUT2D eigenvalue weighted by molar-refractivity contribution is 0.0181. The van der Waals surface area contributed by atoms with Crippen LogP contribution in [0.15, 0.2) is 0 Å². The number of hydrogen-bond acceptors (Lipinski definition) is 4. The molecule has 4 nitrogen and oxygen atoms in total. The second-order valence-corrected chi connectivity index (χ2v) is 8.27. The molecule has 0 aromatic carbocycles. The van der Waals surface area contributed by atoms with E-state index in [1.807, 2.05) is 0 Å². The van der Waals surface area contributed by atoms with Crippen LogP contribution in [0.1, 0.15) is 33.6 Å². The smallest absolute Gasteiger partial charge is 0.156 e. The van der Waals surface area contributed by atoms with E-state index in [0.29, 0.717) is 18.7 Å². The minimum absolute atomic E-state index is 0.213. The maximum absolute atomic E-state index is 11.8. The first-order valence-electron chi connectivity index (χ1n) is 5.75. The molecule has 0 heterocycles. The zero-order valence-corrected chi connectivity index (χ0v) is 11.4. The van der Waals surface area contributed by atoms with Gasteiger partial charge in [-0.25, -0.2) is 8.42 Å². The van der Waals surface area contributed by atoms with E-state index in [-0.39, 0.29) is 5.75 Å². The summed E-state index contributed by atoms with van der Waals surface area (Å²) < 4.78 is 28.1. The molecule has 0 amide bonds. The van der Waals surface area contributed by atoms with E-state index < -0.39 is 14.6 Å². The van der Waals surface area contributed by atoms with E-state index in [9.17, 15) is 8.42 Å². The molecule has 0 bridgehead atoms. The van der Waals surface area contributed by atoms with E-state index in [1.165, 1.54) is 0 Å². The van der Waals surface area contributed by atoms with E-state index in [0.717, 1.165) is 12.8 Å². The van der Waals surface area contributed by atoms with Crippen LogP contribution in [0.2, 0.25) is 0 Å². The highest BCUT2D eigenvalue weighted by atomic mass is 32.2. The van der Waals surface area contributed by atoms with E-state index in [1.54, 1.807) is 27.9 Å². The van der Waals surface area contributed by atoms with Gasteiger partial charge in [0.25, 0.3) is 0 Å². The van der Waals surface area contributed by atoms with Crippen molar-refractivity contribution in [3.8, 4) is 0 Å². The highest BCUT2D eigenvalue weighted by Gasteiger charge is 2.31. The molecule has 1 N–H and O–H groups in total. The minimum Gasteiger partial charge on any atom is -0.381 e. The molecule has 1 saturated carbocycles. The Balaban J connectivity index is 2.22. The first kappa shape index (κ1) is 13.9. The third-order valence-corrected chi connectivity index (χ3v) is 5.77. The van der Waals surface area contributed by atoms with Crippen molar-refractivity contribution in [1.29, 1.82) is 0 Å². The van der Waals surface area contributed by atoms with Crippen molar-refractivity contribution < 1.29 is 13.2 Å². The zero-order chi connectivity index (χ0) is 12.4. The topological polar surface area (TPSA) is 55.4 Å². The molecule has 0 radical (unpaired) electrons. The molecule has 1 fully saturated rings. The second kappa shape index (κ2) is 5.02. The van der Waals surface area contributed by atoms with E-state index in [4.69, 9.17) is 4.74 Å². The third-order valence-electron chi connectivity index (χ3n) is 3.16. The van der Waals surface area contributed by atoms with Crippen LogP contribution in [0.5, 0.6) is 0 Å². The van der Waals surface area contributed by atoms with Gasteiger partial charge in [0.15, 0.2) is 9.84 Å². The standard InChI is InChI=1S/C11H23NO3S/c1-11(2,3)16(13,14)6-5-12-9-7-10(8-9)15-4/h9-10,12H,5-8H2,1-4H3.